The standard InChI is InChI=1S/C9H11N3O2S/c1-6-3-2-4-7(5-6)8-9(10)12-15(13,14)11-8/h2-5,8,11H,1H3,(H2,10,12)/p+1/t8-/m1/s1. The second kappa shape index (κ2) is 3.32. The summed E-state index contributed by atoms with van der Waals surface area (Å²) in [7, 11) is -3.47. The average molecular weight is 226 g/mol. The summed E-state index contributed by atoms with van der Waals surface area (Å²) in [5.74, 6) is 0.209. The fourth-order valence-corrected chi connectivity index (χ4v) is 2.62. The first-order chi connectivity index (χ1) is 6.98. The Morgan fingerprint density at radius 3 is 2.73 bits per heavy atom. The number of hydrogen-bond donors (Lipinski definition) is 3. The van der Waals surface area contributed by atoms with Gasteiger partial charge in [-0.3, -0.25) is 5.73 Å². The first-order valence-corrected chi connectivity index (χ1v) is 5.95. The van der Waals surface area contributed by atoms with E-state index in [4.69, 9.17) is 5.73 Å². The summed E-state index contributed by atoms with van der Waals surface area (Å²) >= 11 is 0. The average Bonchev–Trinajstić information content (AvgIpc) is 2.40. The first kappa shape index (κ1) is 10.1. The molecular weight excluding hydrogens is 214 g/mol. The van der Waals surface area contributed by atoms with Crippen molar-refractivity contribution in [1.82, 2.24) is 4.72 Å². The van der Waals surface area contributed by atoms with Crippen LogP contribution in [0.2, 0.25) is 0 Å². The van der Waals surface area contributed by atoms with Crippen LogP contribution in [0.5, 0.6) is 0 Å². The van der Waals surface area contributed by atoms with E-state index in [1.807, 2.05) is 31.2 Å². The minimum Gasteiger partial charge on any atom is -0.288 e. The number of benzene rings is 1. The molecular formula is C9H12N3O2S+. The maximum Gasteiger partial charge on any atom is 0.371 e. The van der Waals surface area contributed by atoms with Crippen LogP contribution < -0.4 is 14.9 Å². The lowest BCUT2D eigenvalue weighted by molar-refractivity contribution is -0.265. The highest BCUT2D eigenvalue weighted by Gasteiger charge is 2.34. The van der Waals surface area contributed by atoms with E-state index in [2.05, 4.69) is 9.12 Å². The van der Waals surface area contributed by atoms with Gasteiger partial charge in [0.1, 0.15) is 0 Å². The van der Waals surface area contributed by atoms with Gasteiger partial charge in [0.05, 0.1) is 0 Å². The largest absolute Gasteiger partial charge is 0.371 e. The van der Waals surface area contributed by atoms with Gasteiger partial charge >= 0.3 is 10.2 Å². The third-order valence-electron chi connectivity index (χ3n) is 2.21. The Morgan fingerprint density at radius 1 is 1.47 bits per heavy atom. The predicted octanol–water partition coefficient (Wildman–Crippen LogP) is -1.68. The van der Waals surface area contributed by atoms with Gasteiger partial charge in [-0.25, -0.2) is 0 Å². The van der Waals surface area contributed by atoms with E-state index in [0.717, 1.165) is 11.1 Å². The normalized spacial score (nSPS) is 23.8. The highest BCUT2D eigenvalue weighted by molar-refractivity contribution is 7.83. The van der Waals surface area contributed by atoms with Crippen LogP contribution in [0.3, 0.4) is 0 Å². The quantitative estimate of drug-likeness (QED) is 0.535. The molecule has 1 aliphatic heterocycles. The van der Waals surface area contributed by atoms with Crippen molar-refractivity contribution >= 4 is 16.0 Å². The Morgan fingerprint density at radius 2 is 2.20 bits per heavy atom. The molecule has 15 heavy (non-hydrogen) atoms. The summed E-state index contributed by atoms with van der Waals surface area (Å²) in [4.78, 5) is 0. The Hall–Kier alpha value is -1.40. The van der Waals surface area contributed by atoms with Crippen molar-refractivity contribution in [3.8, 4) is 0 Å². The first-order valence-electron chi connectivity index (χ1n) is 4.47. The molecule has 0 aromatic heterocycles. The highest BCUT2D eigenvalue weighted by Crippen LogP contribution is 2.15. The summed E-state index contributed by atoms with van der Waals surface area (Å²) in [6, 6.07) is 7.06. The molecule has 1 aromatic rings. The third kappa shape index (κ3) is 2.00. The van der Waals surface area contributed by atoms with E-state index in [9.17, 15) is 8.42 Å². The smallest absolute Gasteiger partial charge is 0.288 e. The van der Waals surface area contributed by atoms with Crippen LogP contribution in [0.4, 0.5) is 0 Å². The fraction of sp³-hybridized carbons (Fsp3) is 0.222. The van der Waals surface area contributed by atoms with Gasteiger partial charge in [-0.05, 0) is 12.5 Å². The molecule has 1 atom stereocenters. The second-order valence-corrected chi connectivity index (χ2v) is 4.97. The molecule has 0 spiro atoms. The molecule has 2 rings (SSSR count). The van der Waals surface area contributed by atoms with Crippen molar-refractivity contribution in [2.45, 2.75) is 13.0 Å². The van der Waals surface area contributed by atoms with Gasteiger partial charge in [-0.2, -0.15) is 17.5 Å². The Bertz CT molecular complexity index is 522. The lowest BCUT2D eigenvalue weighted by Crippen LogP contribution is -2.76. The van der Waals surface area contributed by atoms with E-state index in [1.165, 1.54) is 0 Å². The van der Waals surface area contributed by atoms with E-state index in [1.54, 1.807) is 0 Å². The van der Waals surface area contributed by atoms with Crippen molar-refractivity contribution in [3.05, 3.63) is 35.4 Å². The predicted molar refractivity (Wildman–Crippen MR) is 56.1 cm³/mol. The van der Waals surface area contributed by atoms with Gasteiger partial charge < -0.3 is 0 Å². The lowest BCUT2D eigenvalue weighted by Gasteiger charge is -2.06. The Kier molecular flexibility index (Phi) is 2.24. The van der Waals surface area contributed by atoms with Crippen LogP contribution in [0.1, 0.15) is 17.2 Å². The molecule has 0 fully saturated rings. The van der Waals surface area contributed by atoms with Gasteiger partial charge in [0.25, 0.3) is 5.84 Å². The highest BCUT2D eigenvalue weighted by atomic mass is 32.2. The Labute approximate surface area is 88.2 Å². The van der Waals surface area contributed by atoms with E-state index >= 15 is 0 Å². The van der Waals surface area contributed by atoms with Gasteiger partial charge in [-0.15, -0.1) is 0 Å². The number of nitrogens with one attached hydrogen (secondary N) is 2. The number of hydrogen-bond acceptors (Lipinski definition) is 3. The number of aryl methyl sites for hydroxylation is 1. The molecule has 1 heterocycles. The molecule has 1 aliphatic rings. The maximum absolute atomic E-state index is 11.2. The van der Waals surface area contributed by atoms with Crippen LogP contribution in [-0.4, -0.2) is 14.3 Å². The van der Waals surface area contributed by atoms with Crippen LogP contribution in [0.25, 0.3) is 0 Å². The molecule has 1 aromatic carbocycles. The monoisotopic (exact) mass is 226 g/mol. The number of rotatable bonds is 1. The topological polar surface area (TPSA) is 86.2 Å². The zero-order valence-electron chi connectivity index (χ0n) is 8.19. The van der Waals surface area contributed by atoms with Gasteiger partial charge in [0.2, 0.25) is 0 Å². The van der Waals surface area contributed by atoms with E-state index in [-0.39, 0.29) is 5.84 Å². The van der Waals surface area contributed by atoms with Crippen molar-refractivity contribution in [2.75, 3.05) is 0 Å². The van der Waals surface area contributed by atoms with E-state index < -0.39 is 16.3 Å². The van der Waals surface area contributed by atoms with Gasteiger partial charge in [0.15, 0.2) is 6.04 Å². The van der Waals surface area contributed by atoms with Crippen molar-refractivity contribution in [2.24, 2.45) is 5.73 Å². The van der Waals surface area contributed by atoms with Crippen molar-refractivity contribution in [3.63, 3.8) is 0 Å². The molecule has 0 saturated carbocycles. The van der Waals surface area contributed by atoms with Crippen LogP contribution in [0.15, 0.2) is 24.3 Å². The van der Waals surface area contributed by atoms with Crippen LogP contribution in [-0.2, 0) is 10.2 Å². The molecule has 0 saturated heterocycles. The minimum absolute atomic E-state index is 0.209. The number of nitrogens with two attached hydrogens (primary N) is 1. The molecule has 80 valence electrons. The van der Waals surface area contributed by atoms with E-state index in [0.29, 0.717) is 0 Å². The molecule has 0 radical (unpaired) electrons. The molecule has 4 N–H and O–H groups in total. The molecule has 0 amide bonds. The second-order valence-electron chi connectivity index (χ2n) is 3.53. The maximum atomic E-state index is 11.2. The Balaban J connectivity index is 2.40. The van der Waals surface area contributed by atoms with Crippen LogP contribution in [0, 0.1) is 6.92 Å². The van der Waals surface area contributed by atoms with Crippen molar-refractivity contribution < 1.29 is 12.8 Å². The molecule has 0 bridgehead atoms. The summed E-state index contributed by atoms with van der Waals surface area (Å²) in [6.45, 7) is 1.94. The van der Waals surface area contributed by atoms with Crippen molar-refractivity contribution in [1.29, 1.82) is 0 Å². The summed E-state index contributed by atoms with van der Waals surface area (Å²) in [5, 5.41) is 0. The summed E-state index contributed by atoms with van der Waals surface area (Å²) in [6.07, 6.45) is 0. The van der Waals surface area contributed by atoms with Crippen LogP contribution >= 0.6 is 0 Å². The molecule has 6 heteroatoms. The molecule has 0 unspecified atom stereocenters. The zero-order valence-corrected chi connectivity index (χ0v) is 9.01. The zero-order chi connectivity index (χ0) is 11.1. The number of amidine groups is 1. The lowest BCUT2D eigenvalue weighted by atomic mass is 10.0. The SMILES string of the molecule is Cc1cccc([C@H]2NS(=O)(=O)[NH+]=C2N)c1. The molecule has 0 aliphatic carbocycles. The van der Waals surface area contributed by atoms with Gasteiger partial charge in [0, 0.05) is 0 Å². The fourth-order valence-electron chi connectivity index (χ4n) is 1.56. The molecule has 5 nitrogen and oxygen atoms in total. The van der Waals surface area contributed by atoms with Gasteiger partial charge in [-0.1, -0.05) is 29.8 Å². The summed E-state index contributed by atoms with van der Waals surface area (Å²) < 4.78 is 27.0. The summed E-state index contributed by atoms with van der Waals surface area (Å²) in [5.41, 5.74) is 7.50. The minimum atomic E-state index is -3.47. The third-order valence-corrected chi connectivity index (χ3v) is 3.26.